The van der Waals surface area contributed by atoms with Gasteiger partial charge in [-0.05, 0) is 29.6 Å². The topological polar surface area (TPSA) is 0 Å². The molecule has 0 aromatic rings. The Morgan fingerprint density at radius 2 is 0.909 bits per heavy atom. The van der Waals surface area contributed by atoms with Crippen molar-refractivity contribution in [2.24, 2.45) is 35.5 Å². The Morgan fingerprint density at radius 1 is 0.682 bits per heavy atom. The molecule has 22 heavy (non-hydrogen) atoms. The zero-order chi connectivity index (χ0) is 15.9. The van der Waals surface area contributed by atoms with Gasteiger partial charge in [-0.1, -0.05) is 60.3 Å². The van der Waals surface area contributed by atoms with Crippen molar-refractivity contribution in [2.75, 3.05) is 0 Å². The van der Waals surface area contributed by atoms with Crippen molar-refractivity contribution >= 4 is 9.30 Å². The van der Waals surface area contributed by atoms with Crippen molar-refractivity contribution in [2.45, 2.75) is 74.1 Å². The third-order valence-electron chi connectivity index (χ3n) is 6.32. The zero-order valence-corrected chi connectivity index (χ0v) is 19.0. The van der Waals surface area contributed by atoms with E-state index in [2.05, 4.69) is 57.8 Å². The van der Waals surface area contributed by atoms with Gasteiger partial charge in [0, 0.05) is 0 Å². The molecule has 0 N–H and O–H groups in total. The summed E-state index contributed by atoms with van der Waals surface area (Å²) in [6.07, 6.45) is 5.86. The van der Waals surface area contributed by atoms with Crippen LogP contribution >= 0.6 is 9.30 Å². The van der Waals surface area contributed by atoms with Crippen molar-refractivity contribution in [1.29, 1.82) is 0 Å². The van der Waals surface area contributed by atoms with Crippen molar-refractivity contribution in [3.8, 4) is 0 Å². The molecule has 2 rings (SSSR count). The summed E-state index contributed by atoms with van der Waals surface area (Å²) in [5.74, 6) is 7.30. The normalized spacial score (nSPS) is 33.9. The second-order valence-corrected chi connectivity index (χ2v) is 7.35. The Bertz CT molecular complexity index is 191. The van der Waals surface area contributed by atoms with Crippen molar-refractivity contribution in [3.63, 3.8) is 0 Å². The van der Waals surface area contributed by atoms with Gasteiger partial charge in [0.15, 0.2) is 0 Å². The molecule has 2 fully saturated rings. The van der Waals surface area contributed by atoms with Crippen LogP contribution in [-0.2, 0) is 19.4 Å². The SMILES string of the molecule is CC1C(C)C(C)C(C)C1C.C[C-](C)C1CCCC1.[CH3-].[CH3-].[Cl][Ti+3]. The molecule has 0 heterocycles. The molecule has 2 aliphatic carbocycles. The van der Waals surface area contributed by atoms with Crippen LogP contribution < -0.4 is 0 Å². The first-order valence-corrected chi connectivity index (χ1v) is 10.5. The molecule has 0 radical (unpaired) electrons. The molecule has 0 nitrogen and oxygen atoms in total. The van der Waals surface area contributed by atoms with Crippen LogP contribution in [0.3, 0.4) is 0 Å². The van der Waals surface area contributed by atoms with Crippen LogP contribution in [0.2, 0.25) is 0 Å². The Hall–Kier alpha value is 1.00. The average Bonchev–Trinajstić information content (AvgIpc) is 3.04. The molecule has 0 aliphatic heterocycles. The van der Waals surface area contributed by atoms with Crippen LogP contribution in [0.4, 0.5) is 0 Å². The third kappa shape index (κ3) is 8.21. The summed E-state index contributed by atoms with van der Waals surface area (Å²) in [7, 11) is 4.64. The maximum absolute atomic E-state index is 4.64. The van der Waals surface area contributed by atoms with Gasteiger partial charge in [0.05, 0.1) is 0 Å². The molecule has 2 aliphatic rings. The molecule has 0 saturated heterocycles. The fourth-order valence-electron chi connectivity index (χ4n) is 3.90. The van der Waals surface area contributed by atoms with Gasteiger partial charge in [-0.25, -0.2) is 0 Å². The van der Waals surface area contributed by atoms with Crippen LogP contribution in [0, 0.1) is 56.3 Å². The van der Waals surface area contributed by atoms with Crippen LogP contribution in [-0.4, -0.2) is 0 Å². The fraction of sp³-hybridized carbons (Fsp3) is 0.850. The van der Waals surface area contributed by atoms with Gasteiger partial charge >= 0.3 is 28.7 Å². The summed E-state index contributed by atoms with van der Waals surface area (Å²) in [5.41, 5.74) is 0. The predicted molar refractivity (Wildman–Crippen MR) is 101 cm³/mol. The average molecular weight is 365 g/mol. The molecule has 0 unspecified atom stereocenters. The van der Waals surface area contributed by atoms with E-state index in [-0.39, 0.29) is 14.9 Å². The molecule has 0 atom stereocenters. The Labute approximate surface area is 158 Å². The molecule has 0 spiro atoms. The molecule has 132 valence electrons. The molecule has 2 heteroatoms. The summed E-state index contributed by atoms with van der Waals surface area (Å²) in [6, 6.07) is 0. The fourth-order valence-corrected chi connectivity index (χ4v) is 3.90. The van der Waals surface area contributed by atoms with Gasteiger partial charge in [-0.3, -0.25) is 0 Å². The Morgan fingerprint density at radius 3 is 1.05 bits per heavy atom. The van der Waals surface area contributed by atoms with E-state index in [1.54, 1.807) is 5.92 Å². The molecular formula is C20H41ClTi. The number of hydrogen-bond donors (Lipinski definition) is 0. The predicted octanol–water partition coefficient (Wildman–Crippen LogP) is 7.56. The van der Waals surface area contributed by atoms with Gasteiger partial charge in [0.1, 0.15) is 0 Å². The minimum atomic E-state index is 0. The Balaban J connectivity index is -0.000000276. The third-order valence-corrected chi connectivity index (χ3v) is 6.32. The van der Waals surface area contributed by atoms with Gasteiger partial charge in [0.25, 0.3) is 0 Å². The molecule has 0 aromatic carbocycles. The summed E-state index contributed by atoms with van der Waals surface area (Å²) in [4.78, 5) is 0. The second kappa shape index (κ2) is 14.4. The van der Waals surface area contributed by atoms with E-state index in [1.807, 2.05) is 0 Å². The first-order valence-electron chi connectivity index (χ1n) is 8.35. The van der Waals surface area contributed by atoms with Crippen molar-refractivity contribution in [3.05, 3.63) is 20.8 Å². The summed E-state index contributed by atoms with van der Waals surface area (Å²) >= 11 is 1.47. The van der Waals surface area contributed by atoms with Crippen LogP contribution in [0.5, 0.6) is 0 Å². The molecular weight excluding hydrogens is 324 g/mol. The van der Waals surface area contributed by atoms with Crippen molar-refractivity contribution in [1.82, 2.24) is 0 Å². The van der Waals surface area contributed by atoms with Gasteiger partial charge in [0.2, 0.25) is 0 Å². The zero-order valence-electron chi connectivity index (χ0n) is 16.7. The second-order valence-electron chi connectivity index (χ2n) is 7.35. The number of rotatable bonds is 1. The van der Waals surface area contributed by atoms with E-state index < -0.39 is 0 Å². The molecule has 0 bridgehead atoms. The van der Waals surface area contributed by atoms with E-state index >= 15 is 0 Å². The van der Waals surface area contributed by atoms with Crippen LogP contribution in [0.1, 0.15) is 74.1 Å². The van der Waals surface area contributed by atoms with Gasteiger partial charge in [-0.2, -0.15) is 19.8 Å². The van der Waals surface area contributed by atoms with Crippen molar-refractivity contribution < 1.29 is 19.4 Å². The summed E-state index contributed by atoms with van der Waals surface area (Å²) < 4.78 is 0. The number of hydrogen-bond acceptors (Lipinski definition) is 0. The monoisotopic (exact) mass is 364 g/mol. The molecule has 0 amide bonds. The van der Waals surface area contributed by atoms with E-state index in [4.69, 9.17) is 0 Å². The van der Waals surface area contributed by atoms with E-state index in [0.29, 0.717) is 0 Å². The first-order chi connectivity index (χ1) is 9.36. The Kier molecular flexibility index (Phi) is 18.2. The summed E-state index contributed by atoms with van der Waals surface area (Å²) in [5, 5.41) is 0. The molecule has 0 aromatic heterocycles. The van der Waals surface area contributed by atoms with Gasteiger partial charge < -0.3 is 20.8 Å². The quantitative estimate of drug-likeness (QED) is 0.332. The first kappa shape index (κ1) is 27.8. The van der Waals surface area contributed by atoms with E-state index in [9.17, 15) is 0 Å². The van der Waals surface area contributed by atoms with E-state index in [1.165, 1.54) is 45.1 Å². The summed E-state index contributed by atoms with van der Waals surface area (Å²) in [6.45, 7) is 16.5. The van der Waals surface area contributed by atoms with Crippen LogP contribution in [0.15, 0.2) is 0 Å². The van der Waals surface area contributed by atoms with Gasteiger partial charge in [-0.15, -0.1) is 0 Å². The standard InChI is InChI=1S/C10H20.C8H15.2CH3.ClH.Ti/c1-6-7(2)9(4)10(5)8(6)3;1-7(2)8-5-3-4-6-8;;;;/h6-10H,1-5H3;8H,3-6H2,1-2H3;2*1H3;1H;/q;3*-1;;+4/p-1. The molecule has 2 saturated carbocycles. The van der Waals surface area contributed by atoms with Crippen LogP contribution in [0.25, 0.3) is 0 Å². The van der Waals surface area contributed by atoms with E-state index in [0.717, 1.165) is 35.5 Å². The minimum absolute atomic E-state index is 0. The maximum atomic E-state index is 4.64. The number of halogens is 1.